The number of nitrogens with one attached hydrogen (secondary N) is 1. The van der Waals surface area contributed by atoms with Crippen LogP contribution >= 0.6 is 0 Å². The first kappa shape index (κ1) is 8.12. The van der Waals surface area contributed by atoms with Crippen LogP contribution in [0, 0.1) is 0 Å². The predicted molar refractivity (Wildman–Crippen MR) is 52.5 cm³/mol. The molecule has 74 valence electrons. The van der Waals surface area contributed by atoms with Crippen LogP contribution in [-0.4, -0.2) is 13.3 Å². The van der Waals surface area contributed by atoms with Crippen molar-refractivity contribution in [2.24, 2.45) is 0 Å². The van der Waals surface area contributed by atoms with Gasteiger partial charge in [-0.1, -0.05) is 12.1 Å². The topological polar surface area (TPSA) is 30.5 Å². The summed E-state index contributed by atoms with van der Waals surface area (Å²) in [5.74, 6) is 1.82. The lowest BCUT2D eigenvalue weighted by Crippen LogP contribution is -2.13. The smallest absolute Gasteiger partial charge is 0.231 e. The minimum atomic E-state index is 0.360. The summed E-state index contributed by atoms with van der Waals surface area (Å²) < 4.78 is 10.8. The van der Waals surface area contributed by atoms with Crippen molar-refractivity contribution in [2.45, 2.75) is 18.9 Å². The normalized spacial score (nSPS) is 24.1. The highest BCUT2D eigenvalue weighted by molar-refractivity contribution is 5.49. The Morgan fingerprint density at radius 1 is 1.29 bits per heavy atom. The fraction of sp³-hybridized carbons (Fsp3) is 0.455. The molecule has 0 bridgehead atoms. The molecule has 1 aromatic rings. The van der Waals surface area contributed by atoms with E-state index in [1.165, 1.54) is 18.4 Å². The molecule has 3 rings (SSSR count). The van der Waals surface area contributed by atoms with Gasteiger partial charge in [0.1, 0.15) is 0 Å². The van der Waals surface area contributed by atoms with Gasteiger partial charge in [0, 0.05) is 11.6 Å². The maximum Gasteiger partial charge on any atom is 0.231 e. The molecule has 3 heteroatoms. The molecule has 2 heterocycles. The summed E-state index contributed by atoms with van der Waals surface area (Å²) in [5.41, 5.74) is 1.25. The van der Waals surface area contributed by atoms with E-state index < -0.39 is 0 Å². The van der Waals surface area contributed by atoms with Crippen molar-refractivity contribution in [3.05, 3.63) is 23.8 Å². The molecule has 1 unspecified atom stereocenters. The third-order valence-corrected chi connectivity index (χ3v) is 2.86. The Hall–Kier alpha value is -1.22. The van der Waals surface area contributed by atoms with E-state index in [1.807, 2.05) is 12.1 Å². The molecule has 0 amide bonds. The van der Waals surface area contributed by atoms with Crippen LogP contribution in [0.1, 0.15) is 24.4 Å². The first-order chi connectivity index (χ1) is 6.95. The monoisotopic (exact) mass is 191 g/mol. The van der Waals surface area contributed by atoms with E-state index in [0.29, 0.717) is 12.8 Å². The van der Waals surface area contributed by atoms with Crippen molar-refractivity contribution in [1.29, 1.82) is 0 Å². The Bertz CT molecular complexity index is 345. The van der Waals surface area contributed by atoms with E-state index in [-0.39, 0.29) is 0 Å². The predicted octanol–water partition coefficient (Wildman–Crippen LogP) is 1.84. The summed E-state index contributed by atoms with van der Waals surface area (Å²) >= 11 is 0. The summed E-state index contributed by atoms with van der Waals surface area (Å²) in [6.07, 6.45) is 2.44. The molecule has 14 heavy (non-hydrogen) atoms. The summed E-state index contributed by atoms with van der Waals surface area (Å²) in [4.78, 5) is 0. The molecular formula is C11H13NO2. The number of rotatable bonds is 1. The molecular weight excluding hydrogens is 178 g/mol. The molecule has 2 aliphatic heterocycles. The van der Waals surface area contributed by atoms with Gasteiger partial charge in [-0.05, 0) is 25.5 Å². The van der Waals surface area contributed by atoms with Crippen LogP contribution in [0.5, 0.6) is 11.5 Å². The zero-order valence-corrected chi connectivity index (χ0v) is 7.95. The van der Waals surface area contributed by atoms with E-state index in [0.717, 1.165) is 18.0 Å². The second-order valence-electron chi connectivity index (χ2n) is 3.73. The highest BCUT2D eigenvalue weighted by atomic mass is 16.7. The van der Waals surface area contributed by atoms with Crippen molar-refractivity contribution in [1.82, 2.24) is 5.32 Å². The number of fused-ring (bicyclic) bond motifs is 1. The molecule has 0 radical (unpaired) electrons. The van der Waals surface area contributed by atoms with Crippen LogP contribution in [0.3, 0.4) is 0 Å². The maximum absolute atomic E-state index is 5.48. The molecule has 0 saturated carbocycles. The van der Waals surface area contributed by atoms with Crippen LogP contribution in [-0.2, 0) is 0 Å². The van der Waals surface area contributed by atoms with Crippen molar-refractivity contribution >= 4 is 0 Å². The van der Waals surface area contributed by atoms with Gasteiger partial charge in [0.15, 0.2) is 11.5 Å². The lowest BCUT2D eigenvalue weighted by molar-refractivity contribution is 0.173. The van der Waals surface area contributed by atoms with Crippen LogP contribution in [0.4, 0.5) is 0 Å². The second-order valence-corrected chi connectivity index (χ2v) is 3.73. The second kappa shape index (κ2) is 3.17. The first-order valence-electron chi connectivity index (χ1n) is 5.07. The summed E-state index contributed by atoms with van der Waals surface area (Å²) in [7, 11) is 0. The fourth-order valence-electron chi connectivity index (χ4n) is 2.18. The molecule has 0 aromatic heterocycles. The standard InChI is InChI=1S/C11H13NO2/c1-3-8(9-4-2-6-12-9)11-10(5-1)13-7-14-11/h1,3,5,9,12H,2,4,6-7H2. The number of benzene rings is 1. The average Bonchev–Trinajstić information content (AvgIpc) is 2.88. The van der Waals surface area contributed by atoms with Crippen molar-refractivity contribution in [3.8, 4) is 11.5 Å². The molecule has 3 nitrogen and oxygen atoms in total. The van der Waals surface area contributed by atoms with Crippen molar-refractivity contribution in [3.63, 3.8) is 0 Å². The largest absolute Gasteiger partial charge is 0.454 e. The highest BCUT2D eigenvalue weighted by Gasteiger charge is 2.24. The SMILES string of the molecule is c1cc2c(c(C3CCCN3)c1)OCO2. The summed E-state index contributed by atoms with van der Waals surface area (Å²) in [5, 5.41) is 3.47. The Labute approximate surface area is 83.0 Å². The van der Waals surface area contributed by atoms with Crippen LogP contribution in [0.15, 0.2) is 18.2 Å². The van der Waals surface area contributed by atoms with E-state index in [1.54, 1.807) is 0 Å². The minimum absolute atomic E-state index is 0.360. The van der Waals surface area contributed by atoms with Gasteiger partial charge in [-0.2, -0.15) is 0 Å². The Balaban J connectivity index is 2.00. The number of hydrogen-bond acceptors (Lipinski definition) is 3. The van der Waals surface area contributed by atoms with E-state index in [4.69, 9.17) is 9.47 Å². The molecule has 1 N–H and O–H groups in total. The quantitative estimate of drug-likeness (QED) is 0.734. The van der Waals surface area contributed by atoms with Gasteiger partial charge in [0.25, 0.3) is 0 Å². The molecule has 1 aromatic carbocycles. The van der Waals surface area contributed by atoms with Gasteiger partial charge in [0.2, 0.25) is 6.79 Å². The van der Waals surface area contributed by atoms with Crippen LogP contribution in [0.2, 0.25) is 0 Å². The third-order valence-electron chi connectivity index (χ3n) is 2.86. The molecule has 1 atom stereocenters. The van der Waals surface area contributed by atoms with Gasteiger partial charge in [-0.15, -0.1) is 0 Å². The Kier molecular flexibility index (Phi) is 1.84. The Morgan fingerprint density at radius 3 is 3.14 bits per heavy atom. The molecule has 1 saturated heterocycles. The average molecular weight is 191 g/mol. The lowest BCUT2D eigenvalue weighted by atomic mass is 10.0. The molecule has 0 aliphatic carbocycles. The van der Waals surface area contributed by atoms with Gasteiger partial charge >= 0.3 is 0 Å². The van der Waals surface area contributed by atoms with Crippen molar-refractivity contribution < 1.29 is 9.47 Å². The zero-order chi connectivity index (χ0) is 9.38. The molecule has 2 aliphatic rings. The molecule has 0 spiro atoms. The maximum atomic E-state index is 5.48. The molecule has 1 fully saturated rings. The highest BCUT2D eigenvalue weighted by Crippen LogP contribution is 2.40. The van der Waals surface area contributed by atoms with Gasteiger partial charge in [-0.3, -0.25) is 0 Å². The summed E-state index contributed by atoms with van der Waals surface area (Å²) in [6, 6.07) is 6.56. The number of hydrogen-bond donors (Lipinski definition) is 1. The Morgan fingerprint density at radius 2 is 2.29 bits per heavy atom. The van der Waals surface area contributed by atoms with E-state index >= 15 is 0 Å². The van der Waals surface area contributed by atoms with Crippen molar-refractivity contribution in [2.75, 3.05) is 13.3 Å². The third kappa shape index (κ3) is 1.16. The lowest BCUT2D eigenvalue weighted by Gasteiger charge is -2.12. The summed E-state index contributed by atoms with van der Waals surface area (Å²) in [6.45, 7) is 1.47. The zero-order valence-electron chi connectivity index (χ0n) is 7.95. The fourth-order valence-corrected chi connectivity index (χ4v) is 2.18. The van der Waals surface area contributed by atoms with Gasteiger partial charge < -0.3 is 14.8 Å². The number of ether oxygens (including phenoxy) is 2. The first-order valence-corrected chi connectivity index (χ1v) is 5.07. The van der Waals surface area contributed by atoms with E-state index in [2.05, 4.69) is 11.4 Å². The minimum Gasteiger partial charge on any atom is -0.454 e. The van der Waals surface area contributed by atoms with Crippen LogP contribution in [0.25, 0.3) is 0 Å². The number of para-hydroxylation sites is 1. The van der Waals surface area contributed by atoms with E-state index in [9.17, 15) is 0 Å². The van der Waals surface area contributed by atoms with Gasteiger partial charge in [-0.25, -0.2) is 0 Å². The van der Waals surface area contributed by atoms with Gasteiger partial charge in [0.05, 0.1) is 0 Å². The van der Waals surface area contributed by atoms with Crippen LogP contribution < -0.4 is 14.8 Å².